The summed E-state index contributed by atoms with van der Waals surface area (Å²) in [6.07, 6.45) is -13.9. The fraction of sp³-hybridized carbons (Fsp3) is 0.667. The number of halogens is 6. The molecule has 0 spiro atoms. The second kappa shape index (κ2) is 3.97. The van der Waals surface area contributed by atoms with Gasteiger partial charge in [-0.1, -0.05) is 0 Å². The highest BCUT2D eigenvalue weighted by Crippen LogP contribution is 2.23. The van der Waals surface area contributed by atoms with Gasteiger partial charge in [-0.2, -0.15) is 26.3 Å². The van der Waals surface area contributed by atoms with Crippen LogP contribution in [-0.2, 0) is 9.59 Å². The Labute approximate surface area is 73.9 Å². The van der Waals surface area contributed by atoms with Gasteiger partial charge in [-0.25, -0.2) is 0 Å². The lowest BCUT2D eigenvalue weighted by atomic mass is 10.1. The van der Waals surface area contributed by atoms with Crippen molar-refractivity contribution >= 4 is 11.6 Å². The quantitative estimate of drug-likeness (QED) is 0.540. The van der Waals surface area contributed by atoms with Crippen LogP contribution in [0.4, 0.5) is 26.3 Å². The first-order valence-electron chi connectivity index (χ1n) is 3.21. The zero-order valence-corrected chi connectivity index (χ0v) is 6.50. The van der Waals surface area contributed by atoms with Gasteiger partial charge in [0.15, 0.2) is 0 Å². The molecule has 0 aliphatic carbocycles. The molecule has 0 rings (SSSR count). The molecule has 0 unspecified atom stereocenters. The fourth-order valence-corrected chi connectivity index (χ4v) is 0.565. The molecule has 0 aliphatic heterocycles. The largest absolute Gasteiger partial charge is 0.450 e. The lowest BCUT2D eigenvalue weighted by Gasteiger charge is -2.06. The third kappa shape index (κ3) is 5.55. The van der Waals surface area contributed by atoms with Gasteiger partial charge in [0.1, 0.15) is 12.2 Å². The molecule has 0 aromatic rings. The third-order valence-electron chi connectivity index (χ3n) is 1.07. The van der Waals surface area contributed by atoms with E-state index in [2.05, 4.69) is 0 Å². The fourth-order valence-electron chi connectivity index (χ4n) is 0.565. The van der Waals surface area contributed by atoms with Gasteiger partial charge in [0.25, 0.3) is 0 Å². The van der Waals surface area contributed by atoms with Crippen molar-refractivity contribution in [3.05, 3.63) is 0 Å². The van der Waals surface area contributed by atoms with Crippen LogP contribution in [0.15, 0.2) is 0 Å². The summed E-state index contributed by atoms with van der Waals surface area (Å²) >= 11 is 0. The summed E-state index contributed by atoms with van der Waals surface area (Å²) in [6.45, 7) is 0. The zero-order valence-electron chi connectivity index (χ0n) is 6.50. The lowest BCUT2D eigenvalue weighted by Crippen LogP contribution is -2.27. The van der Waals surface area contributed by atoms with E-state index in [4.69, 9.17) is 0 Å². The third-order valence-corrected chi connectivity index (χ3v) is 1.07. The number of hydrogen-bond acceptors (Lipinski definition) is 2. The molecular weight excluding hydrogens is 218 g/mol. The highest BCUT2D eigenvalue weighted by atomic mass is 19.4. The summed E-state index contributed by atoms with van der Waals surface area (Å²) in [5, 5.41) is 0. The summed E-state index contributed by atoms with van der Waals surface area (Å²) < 4.78 is 68.7. The van der Waals surface area contributed by atoms with Crippen LogP contribution in [0.2, 0.25) is 0 Å². The Morgan fingerprint density at radius 3 is 1.64 bits per heavy atom. The summed E-state index contributed by atoms with van der Waals surface area (Å²) in [5.74, 6) is -4.26. The van der Waals surface area contributed by atoms with E-state index in [1.54, 1.807) is 0 Å². The van der Waals surface area contributed by atoms with Crippen LogP contribution in [0, 0.1) is 0 Å². The number of carbonyl (C=O) groups is 2. The minimum absolute atomic E-state index is 1.76. The Bertz CT molecular complexity index is 238. The first-order chi connectivity index (χ1) is 6.02. The van der Waals surface area contributed by atoms with Crippen molar-refractivity contribution in [1.29, 1.82) is 0 Å². The van der Waals surface area contributed by atoms with Crippen LogP contribution in [0.5, 0.6) is 0 Å². The van der Waals surface area contributed by atoms with Gasteiger partial charge in [0.2, 0.25) is 5.78 Å². The highest BCUT2D eigenvalue weighted by molar-refractivity contribution is 6.01. The molecule has 0 radical (unpaired) electrons. The number of Topliss-reactive ketones (excluding diaryl/α,β-unsaturated/α-hetero) is 2. The Balaban J connectivity index is 4.16. The summed E-state index contributed by atoms with van der Waals surface area (Å²) in [4.78, 5) is 20.3. The molecule has 0 N–H and O–H groups in total. The van der Waals surface area contributed by atoms with Crippen LogP contribution in [0.3, 0.4) is 0 Å². The van der Waals surface area contributed by atoms with E-state index in [0.29, 0.717) is 0 Å². The van der Waals surface area contributed by atoms with E-state index >= 15 is 0 Å². The molecule has 0 aromatic heterocycles. The van der Waals surface area contributed by atoms with Crippen molar-refractivity contribution in [2.24, 2.45) is 0 Å². The predicted octanol–water partition coefficient (Wildman–Crippen LogP) is 2.03. The molecule has 0 bridgehead atoms. The summed E-state index contributed by atoms with van der Waals surface area (Å²) in [7, 11) is 0. The van der Waals surface area contributed by atoms with Crippen molar-refractivity contribution in [2.45, 2.75) is 25.2 Å². The minimum Gasteiger partial charge on any atom is -0.299 e. The Morgan fingerprint density at radius 2 is 1.36 bits per heavy atom. The second-order valence-electron chi connectivity index (χ2n) is 2.43. The first kappa shape index (κ1) is 12.9. The maximum Gasteiger partial charge on any atom is 0.450 e. The van der Waals surface area contributed by atoms with Crippen molar-refractivity contribution in [3.8, 4) is 0 Å². The SMILES string of the molecule is O=C(CC(=O)C(F)(F)F)CC(F)(F)F. The smallest absolute Gasteiger partial charge is 0.299 e. The number of ketones is 2. The van der Waals surface area contributed by atoms with E-state index in [1.165, 1.54) is 0 Å². The van der Waals surface area contributed by atoms with E-state index in [1.807, 2.05) is 0 Å². The van der Waals surface area contributed by atoms with Gasteiger partial charge in [-0.15, -0.1) is 0 Å². The molecule has 0 atom stereocenters. The average molecular weight is 222 g/mol. The van der Waals surface area contributed by atoms with Gasteiger partial charge in [-0.05, 0) is 0 Å². The second-order valence-corrected chi connectivity index (χ2v) is 2.43. The van der Waals surface area contributed by atoms with E-state index < -0.39 is 36.8 Å². The summed E-state index contributed by atoms with van der Waals surface area (Å²) in [6, 6.07) is 0. The Hall–Kier alpha value is -1.08. The normalized spacial score (nSPS) is 12.7. The number of alkyl halides is 6. The predicted molar refractivity (Wildman–Crippen MR) is 31.4 cm³/mol. The van der Waals surface area contributed by atoms with Crippen molar-refractivity contribution in [2.75, 3.05) is 0 Å². The molecule has 0 aromatic carbocycles. The Kier molecular flexibility index (Phi) is 3.66. The maximum atomic E-state index is 11.5. The molecule has 0 amide bonds. The summed E-state index contributed by atoms with van der Waals surface area (Å²) in [5.41, 5.74) is 0. The zero-order chi connectivity index (χ0) is 11.6. The molecular formula is C6H4F6O2. The molecule has 8 heteroatoms. The van der Waals surface area contributed by atoms with Gasteiger partial charge >= 0.3 is 12.4 Å². The lowest BCUT2D eigenvalue weighted by molar-refractivity contribution is -0.174. The number of rotatable bonds is 3. The van der Waals surface area contributed by atoms with Crippen LogP contribution in [0.25, 0.3) is 0 Å². The van der Waals surface area contributed by atoms with E-state index in [9.17, 15) is 35.9 Å². The highest BCUT2D eigenvalue weighted by Gasteiger charge is 2.41. The van der Waals surface area contributed by atoms with Gasteiger partial charge in [0.05, 0.1) is 6.42 Å². The van der Waals surface area contributed by atoms with Crippen molar-refractivity contribution < 1.29 is 35.9 Å². The van der Waals surface area contributed by atoms with Crippen LogP contribution in [-0.4, -0.2) is 23.9 Å². The number of carbonyl (C=O) groups excluding carboxylic acids is 2. The Morgan fingerprint density at radius 1 is 0.929 bits per heavy atom. The molecule has 0 aliphatic rings. The molecule has 0 heterocycles. The topological polar surface area (TPSA) is 34.1 Å². The van der Waals surface area contributed by atoms with Gasteiger partial charge in [0, 0.05) is 0 Å². The average Bonchev–Trinajstić information content (AvgIpc) is 1.79. The first-order valence-corrected chi connectivity index (χ1v) is 3.21. The molecule has 0 saturated heterocycles. The van der Waals surface area contributed by atoms with E-state index in [0.717, 1.165) is 0 Å². The molecule has 82 valence electrons. The van der Waals surface area contributed by atoms with E-state index in [-0.39, 0.29) is 0 Å². The van der Waals surface area contributed by atoms with Crippen LogP contribution < -0.4 is 0 Å². The monoisotopic (exact) mass is 222 g/mol. The van der Waals surface area contributed by atoms with Gasteiger partial charge in [-0.3, -0.25) is 9.59 Å². The molecule has 2 nitrogen and oxygen atoms in total. The molecule has 0 fully saturated rings. The number of hydrogen-bond donors (Lipinski definition) is 0. The van der Waals surface area contributed by atoms with Crippen molar-refractivity contribution in [3.63, 3.8) is 0 Å². The molecule has 14 heavy (non-hydrogen) atoms. The van der Waals surface area contributed by atoms with Gasteiger partial charge < -0.3 is 0 Å². The van der Waals surface area contributed by atoms with Crippen LogP contribution in [0.1, 0.15) is 12.8 Å². The molecule has 0 saturated carbocycles. The van der Waals surface area contributed by atoms with Crippen molar-refractivity contribution in [1.82, 2.24) is 0 Å². The maximum absolute atomic E-state index is 11.5. The van der Waals surface area contributed by atoms with Crippen LogP contribution >= 0.6 is 0 Å². The standard InChI is InChI=1S/C6H4F6O2/c7-5(8,9)2-3(13)1-4(14)6(10,11)12/h1-2H2. The minimum atomic E-state index is -5.26.